The molecule has 0 aromatic heterocycles. The van der Waals surface area contributed by atoms with Gasteiger partial charge in [-0.05, 0) is 17.7 Å². The number of carboxylic acids is 1. The number of ether oxygens (including phenoxy) is 4. The van der Waals surface area contributed by atoms with Gasteiger partial charge in [0.15, 0.2) is 6.10 Å². The number of carbonyl (C=O) groups excluding carboxylic acids is 1. The fraction of sp³-hybridized carbons (Fsp3) is 0.600. The summed E-state index contributed by atoms with van der Waals surface area (Å²) in [6.07, 6.45) is -3.11. The number of benzene rings is 1. The van der Waals surface area contributed by atoms with Crippen LogP contribution in [0.2, 0.25) is 0 Å². The summed E-state index contributed by atoms with van der Waals surface area (Å²) in [6.45, 7) is 1.91. The summed E-state index contributed by atoms with van der Waals surface area (Å²) in [7, 11) is 0. The van der Waals surface area contributed by atoms with Gasteiger partial charge in [0.2, 0.25) is 6.29 Å². The summed E-state index contributed by atoms with van der Waals surface area (Å²) in [5.41, 5.74) is 5.96. The van der Waals surface area contributed by atoms with Crippen LogP contribution in [0.15, 0.2) is 18.2 Å². The first kappa shape index (κ1) is 33.5. The number of aliphatic hydroxyl groups excluding tert-OH is 2. The molecule has 1 fully saturated rings. The van der Waals surface area contributed by atoms with E-state index >= 15 is 0 Å². The standard InChI is InChI=1S/C20H30N2O9.HIO.Y/c21-3-5-28-7-8-29-6-4-22-19(25)15-9-13(12-23)1-2-16(15)30-18-11-14(24)10-17(31-18)20(26)27;1-2;/h1-2,9,14,17-18,23-24H,3-8,10-12,21H2,(H,22,25)(H,26,27);2H;. The van der Waals surface area contributed by atoms with Gasteiger partial charge < -0.3 is 48.8 Å². The van der Waals surface area contributed by atoms with Gasteiger partial charge in [-0.1, -0.05) is 6.07 Å². The third-order valence-electron chi connectivity index (χ3n) is 4.44. The number of nitrogens with one attached hydrogen (secondary N) is 1. The molecule has 12 nitrogen and oxygen atoms in total. The summed E-state index contributed by atoms with van der Waals surface area (Å²) >= 11 is 1.15. The maximum absolute atomic E-state index is 12.6. The first-order valence-corrected chi connectivity index (χ1v) is 11.2. The Morgan fingerprint density at radius 3 is 2.44 bits per heavy atom. The summed E-state index contributed by atoms with van der Waals surface area (Å²) in [5, 5.41) is 31.1. The van der Waals surface area contributed by atoms with Crippen LogP contribution in [0.3, 0.4) is 0 Å². The zero-order valence-corrected chi connectivity index (χ0v) is 23.6. The monoisotopic (exact) mass is 675 g/mol. The molecule has 1 aromatic rings. The molecule has 2 rings (SSSR count). The maximum Gasteiger partial charge on any atom is 0.333 e. The Kier molecular flexibility index (Phi) is 19.4. The average Bonchev–Trinajstić information content (AvgIpc) is 2.81. The minimum atomic E-state index is -1.20. The smallest absolute Gasteiger partial charge is 0.333 e. The van der Waals surface area contributed by atoms with Gasteiger partial charge in [-0.15, -0.1) is 0 Å². The average molecular weight is 675 g/mol. The van der Waals surface area contributed by atoms with Gasteiger partial charge >= 0.3 is 5.97 Å². The summed E-state index contributed by atoms with van der Waals surface area (Å²) in [5.74, 6) is -1.51. The molecule has 1 saturated heterocycles. The number of aliphatic hydroxyl groups is 2. The van der Waals surface area contributed by atoms with Crippen molar-refractivity contribution in [3.05, 3.63) is 29.3 Å². The fourth-order valence-corrected chi connectivity index (χ4v) is 2.93. The van der Waals surface area contributed by atoms with Crippen molar-refractivity contribution < 1.29 is 80.0 Å². The van der Waals surface area contributed by atoms with E-state index in [4.69, 9.17) is 33.2 Å². The van der Waals surface area contributed by atoms with Crippen LogP contribution in [-0.4, -0.2) is 88.6 Å². The topological polar surface area (TPSA) is 190 Å². The molecular formula is C20H31IN2O10Y. The normalized spacial score (nSPS) is 19.3. The number of carboxylic acid groups (broad SMARTS) is 1. The number of halogens is 1. The largest absolute Gasteiger partial charge is 0.479 e. The number of hydrogen-bond acceptors (Lipinski definition) is 10. The summed E-state index contributed by atoms with van der Waals surface area (Å²) in [4.78, 5) is 23.8. The third kappa shape index (κ3) is 12.5. The zero-order chi connectivity index (χ0) is 24.6. The van der Waals surface area contributed by atoms with Crippen molar-refractivity contribution in [1.29, 1.82) is 0 Å². The van der Waals surface area contributed by atoms with Gasteiger partial charge in [-0.3, -0.25) is 4.79 Å². The van der Waals surface area contributed by atoms with Crippen molar-refractivity contribution in [1.82, 2.24) is 5.32 Å². The van der Waals surface area contributed by atoms with Crippen molar-refractivity contribution in [3.63, 3.8) is 0 Å². The molecule has 1 aliphatic heterocycles. The Hall–Kier alpha value is -0.486. The van der Waals surface area contributed by atoms with E-state index in [1.165, 1.54) is 12.1 Å². The van der Waals surface area contributed by atoms with Gasteiger partial charge in [0, 0.05) is 58.6 Å². The van der Waals surface area contributed by atoms with Crippen LogP contribution in [0.5, 0.6) is 5.75 Å². The molecule has 0 saturated carbocycles. The fourth-order valence-electron chi connectivity index (χ4n) is 2.93. The van der Waals surface area contributed by atoms with E-state index in [-0.39, 0.29) is 76.6 Å². The van der Waals surface area contributed by atoms with Gasteiger partial charge in [0.25, 0.3) is 5.91 Å². The quantitative estimate of drug-likeness (QED) is 0.117. The predicted molar refractivity (Wildman–Crippen MR) is 124 cm³/mol. The number of nitrogens with two attached hydrogens (primary N) is 1. The van der Waals surface area contributed by atoms with E-state index in [0.717, 1.165) is 23.0 Å². The van der Waals surface area contributed by atoms with Crippen molar-refractivity contribution in [2.45, 2.75) is 37.9 Å². The number of hydrogen-bond donors (Lipinski definition) is 6. The molecule has 7 N–H and O–H groups in total. The van der Waals surface area contributed by atoms with Crippen LogP contribution < -0.4 is 15.8 Å². The van der Waals surface area contributed by atoms with Crippen LogP contribution >= 0.6 is 23.0 Å². The Labute approximate surface area is 237 Å². The van der Waals surface area contributed by atoms with E-state index in [1.54, 1.807) is 6.07 Å². The Morgan fingerprint density at radius 2 is 1.82 bits per heavy atom. The van der Waals surface area contributed by atoms with E-state index in [1.807, 2.05) is 0 Å². The Morgan fingerprint density at radius 1 is 1.15 bits per heavy atom. The van der Waals surface area contributed by atoms with E-state index < -0.39 is 30.4 Å². The summed E-state index contributed by atoms with van der Waals surface area (Å²) < 4.78 is 28.6. The van der Waals surface area contributed by atoms with Crippen molar-refractivity contribution in [2.24, 2.45) is 5.73 Å². The molecule has 3 unspecified atom stereocenters. The molecule has 0 spiro atoms. The van der Waals surface area contributed by atoms with Gasteiger partial charge in [-0.2, -0.15) is 0 Å². The van der Waals surface area contributed by atoms with Crippen LogP contribution in [0.4, 0.5) is 0 Å². The van der Waals surface area contributed by atoms with E-state index in [0.29, 0.717) is 31.9 Å². The Bertz CT molecular complexity index is 731. The van der Waals surface area contributed by atoms with Gasteiger partial charge in [0.05, 0.1) is 44.7 Å². The first-order chi connectivity index (χ1) is 15.9. The van der Waals surface area contributed by atoms with Crippen LogP contribution in [0.1, 0.15) is 28.8 Å². The molecule has 1 radical (unpaired) electrons. The molecule has 14 heteroatoms. The SMILES string of the molecule is NCCOCCOCCNC(=O)c1cc(CO)ccc1OC1CC(O)CC(C(=O)O)O1.OI.[Y]. The molecule has 1 aromatic carbocycles. The van der Waals surface area contributed by atoms with E-state index in [9.17, 15) is 19.8 Å². The molecule has 0 aliphatic carbocycles. The van der Waals surface area contributed by atoms with Crippen molar-refractivity contribution in [2.75, 3.05) is 39.5 Å². The van der Waals surface area contributed by atoms with Crippen molar-refractivity contribution >= 4 is 34.9 Å². The third-order valence-corrected chi connectivity index (χ3v) is 4.44. The number of amides is 1. The first-order valence-electron chi connectivity index (χ1n) is 10.2. The molecule has 1 amide bonds. The molecular weight excluding hydrogens is 644 g/mol. The van der Waals surface area contributed by atoms with Crippen LogP contribution in [0.25, 0.3) is 0 Å². The summed E-state index contributed by atoms with van der Waals surface area (Å²) in [6, 6.07) is 4.54. The predicted octanol–water partition coefficient (Wildman–Crippen LogP) is -0.444. The molecule has 1 aliphatic rings. The minimum absolute atomic E-state index is 0. The van der Waals surface area contributed by atoms with Gasteiger partial charge in [-0.25, -0.2) is 4.79 Å². The number of carbonyl (C=O) groups is 2. The Balaban J connectivity index is 0.00000353. The van der Waals surface area contributed by atoms with Gasteiger partial charge in [0.1, 0.15) is 28.8 Å². The molecule has 1 heterocycles. The van der Waals surface area contributed by atoms with Crippen LogP contribution in [-0.2, 0) is 58.3 Å². The number of rotatable bonds is 13. The number of aliphatic carboxylic acids is 1. The molecule has 3 atom stereocenters. The second kappa shape index (κ2) is 19.7. The molecule has 191 valence electrons. The second-order valence-electron chi connectivity index (χ2n) is 6.89. The maximum atomic E-state index is 12.6. The van der Waals surface area contributed by atoms with Crippen LogP contribution in [0, 0.1) is 0 Å². The molecule has 0 bridgehead atoms. The van der Waals surface area contributed by atoms with Crippen molar-refractivity contribution in [3.8, 4) is 5.75 Å². The minimum Gasteiger partial charge on any atom is -0.479 e. The zero-order valence-electron chi connectivity index (χ0n) is 18.6. The second-order valence-corrected chi connectivity index (χ2v) is 6.89. The molecule has 34 heavy (non-hydrogen) atoms. The van der Waals surface area contributed by atoms with E-state index in [2.05, 4.69) is 5.32 Å².